The summed E-state index contributed by atoms with van der Waals surface area (Å²) >= 11 is 0. The van der Waals surface area contributed by atoms with Crippen molar-refractivity contribution in [3.63, 3.8) is 0 Å². The third-order valence-electron chi connectivity index (χ3n) is 2.94. The molecule has 0 aromatic heterocycles. The number of nitrogens with one attached hydrogen (secondary N) is 2. The third kappa shape index (κ3) is 3.17. The van der Waals surface area contributed by atoms with Gasteiger partial charge in [-0.25, -0.2) is 4.79 Å². The Morgan fingerprint density at radius 2 is 2.00 bits per heavy atom. The summed E-state index contributed by atoms with van der Waals surface area (Å²) in [5, 5.41) is 22.8. The van der Waals surface area contributed by atoms with Crippen molar-refractivity contribution in [3.05, 3.63) is 0 Å². The van der Waals surface area contributed by atoms with Crippen LogP contribution in [0, 0.1) is 0 Å². The number of carbonyl (C=O) groups excluding carboxylic acids is 2. The molecule has 8 heteroatoms. The number of urea groups is 1. The van der Waals surface area contributed by atoms with Gasteiger partial charge in [0.15, 0.2) is 0 Å². The zero-order valence-electron chi connectivity index (χ0n) is 10.2. The van der Waals surface area contributed by atoms with E-state index in [1.54, 1.807) is 0 Å². The van der Waals surface area contributed by atoms with Gasteiger partial charge in [-0.15, -0.1) is 0 Å². The van der Waals surface area contributed by atoms with Crippen molar-refractivity contribution in [1.82, 2.24) is 15.5 Å². The van der Waals surface area contributed by atoms with Crippen molar-refractivity contribution in [1.29, 1.82) is 0 Å². The van der Waals surface area contributed by atoms with Gasteiger partial charge in [0.05, 0.1) is 12.1 Å². The molecule has 3 amide bonds. The summed E-state index contributed by atoms with van der Waals surface area (Å²) in [7, 11) is 1.37. The number of carboxylic acids is 1. The van der Waals surface area contributed by atoms with E-state index in [-0.39, 0.29) is 13.0 Å². The van der Waals surface area contributed by atoms with E-state index in [2.05, 4.69) is 10.6 Å². The van der Waals surface area contributed by atoms with Crippen LogP contribution >= 0.6 is 0 Å². The average molecular weight is 259 g/mol. The van der Waals surface area contributed by atoms with Crippen LogP contribution in [-0.2, 0) is 9.59 Å². The molecule has 0 bridgehead atoms. The lowest BCUT2D eigenvalue weighted by atomic mass is 10.2. The number of rotatable bonds is 3. The van der Waals surface area contributed by atoms with Crippen molar-refractivity contribution < 1.29 is 24.6 Å². The molecule has 3 atom stereocenters. The molecule has 4 N–H and O–H groups in total. The second-order valence-corrected chi connectivity index (χ2v) is 4.18. The zero-order chi connectivity index (χ0) is 13.9. The summed E-state index contributed by atoms with van der Waals surface area (Å²) in [6.07, 6.45) is -0.700. The summed E-state index contributed by atoms with van der Waals surface area (Å²) in [5.74, 6) is -1.69. The lowest BCUT2D eigenvalue weighted by Gasteiger charge is -2.26. The Morgan fingerprint density at radius 3 is 2.50 bits per heavy atom. The number of aliphatic hydroxyl groups excluding tert-OH is 1. The molecule has 18 heavy (non-hydrogen) atoms. The van der Waals surface area contributed by atoms with Crippen LogP contribution in [-0.4, -0.2) is 64.8 Å². The second kappa shape index (κ2) is 5.78. The highest BCUT2D eigenvalue weighted by Crippen LogP contribution is 2.20. The van der Waals surface area contributed by atoms with Gasteiger partial charge in [-0.1, -0.05) is 0 Å². The average Bonchev–Trinajstić information content (AvgIpc) is 2.70. The summed E-state index contributed by atoms with van der Waals surface area (Å²) in [4.78, 5) is 35.0. The predicted octanol–water partition coefficient (Wildman–Crippen LogP) is -1.65. The van der Waals surface area contributed by atoms with Gasteiger partial charge in [0.2, 0.25) is 5.91 Å². The minimum Gasteiger partial charge on any atom is -0.480 e. The topological polar surface area (TPSA) is 119 Å². The van der Waals surface area contributed by atoms with E-state index >= 15 is 0 Å². The van der Waals surface area contributed by atoms with Gasteiger partial charge in [0, 0.05) is 20.0 Å². The van der Waals surface area contributed by atoms with E-state index in [1.807, 2.05) is 0 Å². The van der Waals surface area contributed by atoms with E-state index in [9.17, 15) is 19.5 Å². The fourth-order valence-electron chi connectivity index (χ4n) is 1.94. The summed E-state index contributed by atoms with van der Waals surface area (Å²) < 4.78 is 0. The number of carbonyl (C=O) groups is 3. The van der Waals surface area contributed by atoms with E-state index in [0.29, 0.717) is 0 Å². The summed E-state index contributed by atoms with van der Waals surface area (Å²) in [5.41, 5.74) is 0. The zero-order valence-corrected chi connectivity index (χ0v) is 10.2. The second-order valence-electron chi connectivity index (χ2n) is 4.18. The fraction of sp³-hybridized carbons (Fsp3) is 0.700. The number of aliphatic hydroxyl groups is 1. The number of imide groups is 1. The van der Waals surface area contributed by atoms with Crippen LogP contribution in [0.4, 0.5) is 4.79 Å². The molecule has 102 valence electrons. The van der Waals surface area contributed by atoms with E-state index in [4.69, 9.17) is 5.11 Å². The first-order valence-electron chi connectivity index (χ1n) is 5.56. The standard InChI is InChI=1S/C10H17N3O5/c1-5(8(15)12-10(18)11-2)13-4-6(14)3-7(13)9(16)17/h5-7,14H,3-4H2,1-2H3,(H,16,17)(H2,11,12,15,18). The van der Waals surface area contributed by atoms with Crippen LogP contribution in [0.1, 0.15) is 13.3 Å². The first kappa shape index (κ1) is 14.4. The van der Waals surface area contributed by atoms with E-state index < -0.39 is 36.1 Å². The van der Waals surface area contributed by atoms with Crippen LogP contribution in [0.15, 0.2) is 0 Å². The molecule has 1 heterocycles. The number of β-amino-alcohol motifs (C(OH)–C–C–N with tert-alkyl or cyclic N) is 1. The number of likely N-dealkylation sites (tertiary alicyclic amines) is 1. The van der Waals surface area contributed by atoms with Gasteiger partial charge < -0.3 is 15.5 Å². The SMILES string of the molecule is CNC(=O)NC(=O)C(C)N1CC(O)CC1C(=O)O. The number of hydrogen-bond acceptors (Lipinski definition) is 5. The van der Waals surface area contributed by atoms with Crippen molar-refractivity contribution in [2.45, 2.75) is 31.5 Å². The lowest BCUT2D eigenvalue weighted by molar-refractivity contribution is -0.143. The van der Waals surface area contributed by atoms with Gasteiger partial charge in [-0.05, 0) is 6.92 Å². The van der Waals surface area contributed by atoms with E-state index in [0.717, 1.165) is 0 Å². The van der Waals surface area contributed by atoms with Crippen molar-refractivity contribution in [3.8, 4) is 0 Å². The molecule has 1 saturated heterocycles. The highest BCUT2D eigenvalue weighted by molar-refractivity contribution is 5.97. The van der Waals surface area contributed by atoms with Crippen LogP contribution in [0.25, 0.3) is 0 Å². The maximum absolute atomic E-state index is 11.7. The number of aliphatic carboxylic acids is 1. The van der Waals surface area contributed by atoms with Crippen LogP contribution in [0.3, 0.4) is 0 Å². The van der Waals surface area contributed by atoms with Gasteiger partial charge in [0.25, 0.3) is 0 Å². The Kier molecular flexibility index (Phi) is 4.62. The molecule has 8 nitrogen and oxygen atoms in total. The molecule has 1 aliphatic rings. The molecule has 0 aliphatic carbocycles. The first-order chi connectivity index (χ1) is 8.36. The molecule has 3 unspecified atom stereocenters. The fourth-order valence-corrected chi connectivity index (χ4v) is 1.94. The summed E-state index contributed by atoms with van der Waals surface area (Å²) in [6, 6.07) is -2.37. The lowest BCUT2D eigenvalue weighted by Crippen LogP contribution is -2.52. The van der Waals surface area contributed by atoms with Crippen molar-refractivity contribution in [2.24, 2.45) is 0 Å². The quantitative estimate of drug-likeness (QED) is 0.482. The van der Waals surface area contributed by atoms with Crippen LogP contribution < -0.4 is 10.6 Å². The smallest absolute Gasteiger partial charge is 0.321 e. The molecule has 0 spiro atoms. The maximum atomic E-state index is 11.7. The third-order valence-corrected chi connectivity index (χ3v) is 2.94. The number of amides is 3. The van der Waals surface area contributed by atoms with Crippen molar-refractivity contribution >= 4 is 17.9 Å². The Labute approximate surface area is 104 Å². The minimum atomic E-state index is -1.09. The molecule has 0 aromatic carbocycles. The highest BCUT2D eigenvalue weighted by atomic mass is 16.4. The first-order valence-corrected chi connectivity index (χ1v) is 5.56. The molecule has 1 aliphatic heterocycles. The molecule has 1 rings (SSSR count). The molecule has 0 aromatic rings. The van der Waals surface area contributed by atoms with Gasteiger partial charge in [0.1, 0.15) is 6.04 Å². The maximum Gasteiger partial charge on any atom is 0.321 e. The van der Waals surface area contributed by atoms with Crippen LogP contribution in [0.2, 0.25) is 0 Å². The monoisotopic (exact) mass is 259 g/mol. The van der Waals surface area contributed by atoms with Crippen LogP contribution in [0.5, 0.6) is 0 Å². The van der Waals surface area contributed by atoms with Crippen molar-refractivity contribution in [2.75, 3.05) is 13.6 Å². The molecule has 1 fully saturated rings. The predicted molar refractivity (Wildman–Crippen MR) is 60.8 cm³/mol. The Hall–Kier alpha value is -1.67. The largest absolute Gasteiger partial charge is 0.480 e. The Bertz CT molecular complexity index is 359. The highest BCUT2D eigenvalue weighted by Gasteiger charge is 2.40. The van der Waals surface area contributed by atoms with Gasteiger partial charge >= 0.3 is 12.0 Å². The normalized spacial score (nSPS) is 25.5. The van der Waals surface area contributed by atoms with Gasteiger partial charge in [-0.3, -0.25) is 19.8 Å². The number of carboxylic acid groups (broad SMARTS) is 1. The minimum absolute atomic E-state index is 0.0763. The molecule has 0 saturated carbocycles. The molecular formula is C10H17N3O5. The molecular weight excluding hydrogens is 242 g/mol. The Morgan fingerprint density at radius 1 is 1.39 bits per heavy atom. The Balaban J connectivity index is 2.70. The summed E-state index contributed by atoms with van der Waals surface area (Å²) in [6.45, 7) is 1.59. The number of nitrogens with zero attached hydrogens (tertiary/aromatic N) is 1. The number of hydrogen-bond donors (Lipinski definition) is 4. The van der Waals surface area contributed by atoms with Gasteiger partial charge in [-0.2, -0.15) is 0 Å². The molecule has 0 radical (unpaired) electrons. The van der Waals surface area contributed by atoms with E-state index in [1.165, 1.54) is 18.9 Å².